The molecule has 0 unspecified atom stereocenters. The molecule has 2 heterocycles. The molecule has 27 heavy (non-hydrogen) atoms. The van der Waals surface area contributed by atoms with Crippen LogP contribution in [0.15, 0.2) is 35.5 Å². The zero-order chi connectivity index (χ0) is 19.4. The molecule has 1 aliphatic rings. The Morgan fingerprint density at radius 3 is 2.59 bits per heavy atom. The van der Waals surface area contributed by atoms with E-state index in [2.05, 4.69) is 9.97 Å². The van der Waals surface area contributed by atoms with Gasteiger partial charge in [-0.3, -0.25) is 0 Å². The summed E-state index contributed by atoms with van der Waals surface area (Å²) in [6.07, 6.45) is 2.93. The van der Waals surface area contributed by atoms with Crippen LogP contribution in [0.4, 0.5) is 0 Å². The van der Waals surface area contributed by atoms with Crippen LogP contribution in [0.5, 0.6) is 11.6 Å². The third-order valence-electron chi connectivity index (χ3n) is 4.58. The predicted molar refractivity (Wildman–Crippen MR) is 102 cm³/mol. The molecule has 0 spiro atoms. The fourth-order valence-electron chi connectivity index (χ4n) is 2.99. The van der Waals surface area contributed by atoms with Gasteiger partial charge in [-0.05, 0) is 43.9 Å². The Kier molecular flexibility index (Phi) is 6.18. The second-order valence-electron chi connectivity index (χ2n) is 6.45. The van der Waals surface area contributed by atoms with Crippen LogP contribution in [0.1, 0.15) is 18.5 Å². The molecule has 1 aliphatic heterocycles. The number of piperidine rings is 1. The average Bonchev–Trinajstić information content (AvgIpc) is 2.66. The number of nitrogens with zero attached hydrogens (tertiary/aromatic N) is 3. The normalized spacial score (nSPS) is 16.3. The summed E-state index contributed by atoms with van der Waals surface area (Å²) in [5, 5.41) is 0.280. The number of rotatable bonds is 6. The zero-order valence-corrected chi connectivity index (χ0v) is 16.8. The molecule has 1 saturated heterocycles. The second kappa shape index (κ2) is 8.41. The molecular formula is C18H22ClN3O4S. The van der Waals surface area contributed by atoms with Crippen LogP contribution in [-0.4, -0.2) is 49.5 Å². The van der Waals surface area contributed by atoms with Gasteiger partial charge in [-0.1, -0.05) is 11.6 Å². The number of methoxy groups -OCH3 is 1. The number of hydrogen-bond acceptors (Lipinski definition) is 6. The van der Waals surface area contributed by atoms with Crippen LogP contribution in [0.2, 0.25) is 5.02 Å². The Bertz CT molecular complexity index is 899. The summed E-state index contributed by atoms with van der Waals surface area (Å²) in [7, 11) is -2.08. The van der Waals surface area contributed by atoms with Crippen molar-refractivity contribution in [3.63, 3.8) is 0 Å². The fraction of sp³-hybridized carbons (Fsp3) is 0.444. The van der Waals surface area contributed by atoms with Gasteiger partial charge in [0.25, 0.3) is 0 Å². The summed E-state index contributed by atoms with van der Waals surface area (Å²) in [5.41, 5.74) is 0.846. The number of sulfonamides is 1. The van der Waals surface area contributed by atoms with Gasteiger partial charge in [0.05, 0.1) is 23.6 Å². The van der Waals surface area contributed by atoms with Crippen molar-refractivity contribution in [1.82, 2.24) is 14.3 Å². The first kappa shape index (κ1) is 19.9. The molecule has 2 aromatic rings. The minimum atomic E-state index is -3.57. The number of aryl methyl sites for hydroxylation is 1. The molecule has 0 aliphatic carbocycles. The largest absolute Gasteiger partial charge is 0.495 e. The molecule has 1 aromatic heterocycles. The lowest BCUT2D eigenvalue weighted by Gasteiger charge is -2.31. The van der Waals surface area contributed by atoms with E-state index < -0.39 is 10.0 Å². The minimum absolute atomic E-state index is 0.180. The summed E-state index contributed by atoms with van der Waals surface area (Å²) in [6.45, 7) is 3.29. The first-order valence-corrected chi connectivity index (χ1v) is 10.5. The van der Waals surface area contributed by atoms with E-state index in [4.69, 9.17) is 21.1 Å². The third-order valence-corrected chi connectivity index (χ3v) is 6.77. The first-order chi connectivity index (χ1) is 12.9. The molecular weight excluding hydrogens is 390 g/mol. The van der Waals surface area contributed by atoms with Crippen molar-refractivity contribution in [3.8, 4) is 11.6 Å². The maximum absolute atomic E-state index is 12.8. The highest BCUT2D eigenvalue weighted by Crippen LogP contribution is 2.30. The van der Waals surface area contributed by atoms with E-state index in [9.17, 15) is 8.42 Å². The van der Waals surface area contributed by atoms with E-state index in [1.54, 1.807) is 12.1 Å². The van der Waals surface area contributed by atoms with Crippen molar-refractivity contribution in [2.75, 3.05) is 26.8 Å². The van der Waals surface area contributed by atoms with Crippen LogP contribution in [-0.2, 0) is 10.0 Å². The van der Waals surface area contributed by atoms with Crippen LogP contribution in [0, 0.1) is 12.8 Å². The maximum Gasteiger partial charge on any atom is 0.243 e. The number of hydrogen-bond donors (Lipinski definition) is 0. The average molecular weight is 412 g/mol. The van der Waals surface area contributed by atoms with E-state index in [1.165, 1.54) is 29.9 Å². The zero-order valence-electron chi connectivity index (χ0n) is 15.3. The van der Waals surface area contributed by atoms with Gasteiger partial charge in [-0.15, -0.1) is 0 Å². The molecule has 1 fully saturated rings. The molecule has 3 rings (SSSR count). The second-order valence-corrected chi connectivity index (χ2v) is 8.80. The number of aromatic nitrogens is 2. The number of halogens is 1. The first-order valence-electron chi connectivity index (χ1n) is 8.65. The summed E-state index contributed by atoms with van der Waals surface area (Å²) >= 11 is 6.07. The minimum Gasteiger partial charge on any atom is -0.495 e. The fourth-order valence-corrected chi connectivity index (χ4v) is 4.80. The Morgan fingerprint density at radius 2 is 1.96 bits per heavy atom. The van der Waals surface area contributed by atoms with Crippen molar-refractivity contribution in [2.45, 2.75) is 24.7 Å². The molecule has 7 nitrogen and oxygen atoms in total. The lowest BCUT2D eigenvalue weighted by molar-refractivity contribution is 0.180. The van der Waals surface area contributed by atoms with Crippen LogP contribution < -0.4 is 9.47 Å². The van der Waals surface area contributed by atoms with Gasteiger partial charge in [0, 0.05) is 24.8 Å². The van der Waals surface area contributed by atoms with Crippen molar-refractivity contribution in [1.29, 1.82) is 0 Å². The van der Waals surface area contributed by atoms with E-state index in [0.29, 0.717) is 31.3 Å². The van der Waals surface area contributed by atoms with E-state index in [-0.39, 0.29) is 15.8 Å². The van der Waals surface area contributed by atoms with Crippen molar-refractivity contribution in [2.24, 2.45) is 5.92 Å². The van der Waals surface area contributed by atoms with Gasteiger partial charge in [0.15, 0.2) is 0 Å². The highest BCUT2D eigenvalue weighted by molar-refractivity contribution is 7.89. The number of ether oxygens (including phenoxy) is 2. The Morgan fingerprint density at radius 1 is 1.22 bits per heavy atom. The van der Waals surface area contributed by atoms with Gasteiger partial charge in [-0.2, -0.15) is 4.31 Å². The summed E-state index contributed by atoms with van der Waals surface area (Å²) in [5.74, 6) is 1.28. The highest BCUT2D eigenvalue weighted by Gasteiger charge is 2.30. The van der Waals surface area contributed by atoms with Gasteiger partial charge >= 0.3 is 0 Å². The SMILES string of the molecule is COc1ccc(S(=O)(=O)N2CCC(COc3cc(C)ncn3)CC2)cc1Cl. The van der Waals surface area contributed by atoms with Crippen LogP contribution in [0.3, 0.4) is 0 Å². The van der Waals surface area contributed by atoms with Gasteiger partial charge < -0.3 is 9.47 Å². The molecule has 0 amide bonds. The van der Waals surface area contributed by atoms with E-state index in [1.807, 2.05) is 6.92 Å². The van der Waals surface area contributed by atoms with Gasteiger partial charge in [-0.25, -0.2) is 18.4 Å². The lowest BCUT2D eigenvalue weighted by Crippen LogP contribution is -2.39. The van der Waals surface area contributed by atoms with Gasteiger partial charge in [0.2, 0.25) is 15.9 Å². The quantitative estimate of drug-likeness (QED) is 0.726. The summed E-state index contributed by atoms with van der Waals surface area (Å²) < 4.78 is 38.0. The van der Waals surface area contributed by atoms with Crippen molar-refractivity contribution in [3.05, 3.63) is 41.3 Å². The molecule has 0 saturated carbocycles. The van der Waals surface area contributed by atoms with Crippen molar-refractivity contribution < 1.29 is 17.9 Å². The third kappa shape index (κ3) is 4.69. The predicted octanol–water partition coefficient (Wildman–Crippen LogP) is 2.93. The smallest absolute Gasteiger partial charge is 0.243 e. The summed E-state index contributed by atoms with van der Waals surface area (Å²) in [6, 6.07) is 6.31. The Hall–Kier alpha value is -1.90. The standard InChI is InChI=1S/C18H22ClN3O4S/c1-13-9-18(21-12-20-13)26-11-14-5-7-22(8-6-14)27(23,24)15-3-4-17(25-2)16(19)10-15/h3-4,9-10,12,14H,5-8,11H2,1-2H3. The highest BCUT2D eigenvalue weighted by atomic mass is 35.5. The summed E-state index contributed by atoms with van der Waals surface area (Å²) in [4.78, 5) is 8.29. The molecule has 146 valence electrons. The Balaban J connectivity index is 1.58. The van der Waals surface area contributed by atoms with Crippen LogP contribution >= 0.6 is 11.6 Å². The Labute approximate surface area is 164 Å². The maximum atomic E-state index is 12.8. The van der Waals surface area contributed by atoms with E-state index >= 15 is 0 Å². The lowest BCUT2D eigenvalue weighted by atomic mass is 9.99. The van der Waals surface area contributed by atoms with E-state index in [0.717, 1.165) is 18.5 Å². The molecule has 1 aromatic carbocycles. The molecule has 0 atom stereocenters. The van der Waals surface area contributed by atoms with Crippen molar-refractivity contribution >= 4 is 21.6 Å². The number of benzene rings is 1. The molecule has 0 bridgehead atoms. The van der Waals surface area contributed by atoms with Crippen LogP contribution in [0.25, 0.3) is 0 Å². The molecule has 0 radical (unpaired) electrons. The monoisotopic (exact) mass is 411 g/mol. The molecule has 0 N–H and O–H groups in total. The van der Waals surface area contributed by atoms with Gasteiger partial charge in [0.1, 0.15) is 12.1 Å². The molecule has 9 heteroatoms. The topological polar surface area (TPSA) is 81.6 Å².